The van der Waals surface area contributed by atoms with Crippen LogP contribution in [-0.2, 0) is 9.53 Å². The van der Waals surface area contributed by atoms with Gasteiger partial charge in [-0.15, -0.1) is 0 Å². The van der Waals surface area contributed by atoms with Gasteiger partial charge in [-0.05, 0) is 32.1 Å². The van der Waals surface area contributed by atoms with E-state index in [1.807, 2.05) is 0 Å². The van der Waals surface area contributed by atoms with Crippen LogP contribution < -0.4 is 0 Å². The number of rotatable bonds is 34. The van der Waals surface area contributed by atoms with Crippen LogP contribution in [0.5, 0.6) is 0 Å². The molecule has 240 valence electrons. The van der Waals surface area contributed by atoms with Crippen LogP contribution in [0.4, 0.5) is 0 Å². The second-order valence-electron chi connectivity index (χ2n) is 13.0. The van der Waals surface area contributed by atoms with Gasteiger partial charge in [-0.3, -0.25) is 4.79 Å². The maximum Gasteiger partial charge on any atom is 0.306 e. The van der Waals surface area contributed by atoms with Crippen molar-refractivity contribution < 1.29 is 9.53 Å². The van der Waals surface area contributed by atoms with Crippen LogP contribution >= 0.6 is 0 Å². The van der Waals surface area contributed by atoms with Gasteiger partial charge in [0.05, 0.1) is 0 Å². The highest BCUT2D eigenvalue weighted by Crippen LogP contribution is 2.19. The molecular weight excluding hydrogens is 488 g/mol. The zero-order valence-corrected chi connectivity index (χ0v) is 28.2. The molecule has 0 fully saturated rings. The molecule has 0 aromatic rings. The molecule has 40 heavy (non-hydrogen) atoms. The van der Waals surface area contributed by atoms with Gasteiger partial charge in [-0.2, -0.15) is 0 Å². The standard InChI is InChI=1S/C38H76O2/c1-4-7-10-13-15-16-17-18-19-20-21-22-23-24-25-26-28-30-33-36-38(39)40-37(34-31-12-9-6-3)35-32-29-27-14-11-8-5-2/h37H,4-36H2,1-3H3. The number of esters is 1. The van der Waals surface area contributed by atoms with Crippen LogP contribution in [0.2, 0.25) is 0 Å². The molecule has 0 N–H and O–H groups in total. The van der Waals surface area contributed by atoms with Crippen molar-refractivity contribution >= 4 is 5.97 Å². The Balaban J connectivity index is 3.61. The number of hydrogen-bond donors (Lipinski definition) is 0. The molecule has 2 heteroatoms. The molecule has 0 radical (unpaired) electrons. The molecule has 0 saturated heterocycles. The molecule has 0 amide bonds. The van der Waals surface area contributed by atoms with E-state index >= 15 is 0 Å². The molecule has 0 aliphatic rings. The van der Waals surface area contributed by atoms with Crippen molar-refractivity contribution in [2.24, 2.45) is 0 Å². The van der Waals surface area contributed by atoms with Gasteiger partial charge in [0.25, 0.3) is 0 Å². The van der Waals surface area contributed by atoms with Crippen molar-refractivity contribution in [3.05, 3.63) is 0 Å². The van der Waals surface area contributed by atoms with E-state index in [1.165, 1.54) is 186 Å². The van der Waals surface area contributed by atoms with Gasteiger partial charge >= 0.3 is 5.97 Å². The van der Waals surface area contributed by atoms with Crippen molar-refractivity contribution in [1.82, 2.24) is 0 Å². The Morgan fingerprint density at radius 1 is 0.375 bits per heavy atom. The van der Waals surface area contributed by atoms with E-state index in [-0.39, 0.29) is 12.1 Å². The number of unbranched alkanes of at least 4 members (excludes halogenated alkanes) is 27. The second kappa shape index (κ2) is 34.7. The van der Waals surface area contributed by atoms with E-state index in [9.17, 15) is 4.79 Å². The predicted molar refractivity (Wildman–Crippen MR) is 179 cm³/mol. The first kappa shape index (κ1) is 39.5. The van der Waals surface area contributed by atoms with E-state index in [2.05, 4.69) is 20.8 Å². The maximum absolute atomic E-state index is 12.5. The highest BCUT2D eigenvalue weighted by atomic mass is 16.5. The number of carbonyl (C=O) groups excluding carboxylic acids is 1. The topological polar surface area (TPSA) is 26.3 Å². The zero-order valence-electron chi connectivity index (χ0n) is 28.2. The number of carbonyl (C=O) groups is 1. The van der Waals surface area contributed by atoms with Gasteiger partial charge in [0.15, 0.2) is 0 Å². The van der Waals surface area contributed by atoms with Crippen molar-refractivity contribution in [3.63, 3.8) is 0 Å². The molecule has 0 saturated carbocycles. The third kappa shape index (κ3) is 32.0. The average Bonchev–Trinajstić information content (AvgIpc) is 2.95. The van der Waals surface area contributed by atoms with E-state index < -0.39 is 0 Å². The molecule has 0 aliphatic heterocycles. The van der Waals surface area contributed by atoms with Gasteiger partial charge in [0, 0.05) is 6.42 Å². The van der Waals surface area contributed by atoms with Crippen molar-refractivity contribution in [1.29, 1.82) is 0 Å². The van der Waals surface area contributed by atoms with Gasteiger partial charge in [-0.25, -0.2) is 0 Å². The quantitative estimate of drug-likeness (QED) is 0.0574. The summed E-state index contributed by atoms with van der Waals surface area (Å²) < 4.78 is 5.97. The lowest BCUT2D eigenvalue weighted by Crippen LogP contribution is -2.18. The van der Waals surface area contributed by atoms with Gasteiger partial charge in [0.2, 0.25) is 0 Å². The third-order valence-corrected chi connectivity index (χ3v) is 8.79. The third-order valence-electron chi connectivity index (χ3n) is 8.79. The Morgan fingerprint density at radius 3 is 0.950 bits per heavy atom. The minimum Gasteiger partial charge on any atom is -0.462 e. The van der Waals surface area contributed by atoms with Crippen LogP contribution in [0.3, 0.4) is 0 Å². The molecular formula is C38H76O2. The average molecular weight is 565 g/mol. The normalized spacial score (nSPS) is 12.2. The molecule has 0 bridgehead atoms. The summed E-state index contributed by atoms with van der Waals surface area (Å²) in [6.45, 7) is 6.83. The van der Waals surface area contributed by atoms with E-state index in [0.717, 1.165) is 19.3 Å². The molecule has 0 aliphatic carbocycles. The fraction of sp³-hybridized carbons (Fsp3) is 0.974. The summed E-state index contributed by atoms with van der Waals surface area (Å²) in [5.74, 6) is 0.0652. The molecule has 0 aromatic carbocycles. The summed E-state index contributed by atoms with van der Waals surface area (Å²) in [5, 5.41) is 0. The van der Waals surface area contributed by atoms with Gasteiger partial charge in [0.1, 0.15) is 6.10 Å². The Labute approximate surface area is 254 Å². The summed E-state index contributed by atoms with van der Waals surface area (Å²) >= 11 is 0. The first-order valence-electron chi connectivity index (χ1n) is 18.9. The Kier molecular flexibility index (Phi) is 34.2. The smallest absolute Gasteiger partial charge is 0.306 e. The van der Waals surface area contributed by atoms with Crippen LogP contribution in [0.15, 0.2) is 0 Å². The molecule has 0 spiro atoms. The van der Waals surface area contributed by atoms with E-state index in [0.29, 0.717) is 6.42 Å². The molecule has 0 heterocycles. The van der Waals surface area contributed by atoms with Gasteiger partial charge < -0.3 is 4.74 Å². The summed E-state index contributed by atoms with van der Waals surface area (Å²) in [6, 6.07) is 0. The zero-order chi connectivity index (χ0) is 29.2. The summed E-state index contributed by atoms with van der Waals surface area (Å²) in [6.07, 6.45) is 43.6. The molecule has 0 aromatic heterocycles. The first-order valence-corrected chi connectivity index (χ1v) is 18.9. The minimum atomic E-state index is 0.0652. The molecule has 1 atom stereocenters. The first-order chi connectivity index (χ1) is 19.7. The summed E-state index contributed by atoms with van der Waals surface area (Å²) in [4.78, 5) is 12.5. The fourth-order valence-electron chi connectivity index (χ4n) is 5.98. The number of ether oxygens (including phenoxy) is 1. The van der Waals surface area contributed by atoms with Crippen LogP contribution in [0, 0.1) is 0 Å². The molecule has 2 nitrogen and oxygen atoms in total. The van der Waals surface area contributed by atoms with Crippen molar-refractivity contribution in [2.45, 2.75) is 239 Å². The minimum absolute atomic E-state index is 0.0652. The predicted octanol–water partition coefficient (Wildman–Crippen LogP) is 13.8. The Hall–Kier alpha value is -0.530. The maximum atomic E-state index is 12.5. The SMILES string of the molecule is CCCCCCCCCCCCCCCCCCCCCC(=O)OC(CCCCCC)CCCCCCCCC. The molecule has 0 rings (SSSR count). The van der Waals surface area contributed by atoms with Crippen LogP contribution in [0.1, 0.15) is 233 Å². The molecule has 1 unspecified atom stereocenters. The van der Waals surface area contributed by atoms with Crippen molar-refractivity contribution in [3.8, 4) is 0 Å². The lowest BCUT2D eigenvalue weighted by molar-refractivity contribution is -0.150. The Bertz CT molecular complexity index is 474. The highest BCUT2D eigenvalue weighted by molar-refractivity contribution is 5.69. The fourth-order valence-corrected chi connectivity index (χ4v) is 5.98. The number of hydrogen-bond acceptors (Lipinski definition) is 2. The van der Waals surface area contributed by atoms with E-state index in [4.69, 9.17) is 4.74 Å². The summed E-state index contributed by atoms with van der Waals surface area (Å²) in [5.41, 5.74) is 0. The highest BCUT2D eigenvalue weighted by Gasteiger charge is 2.14. The lowest BCUT2D eigenvalue weighted by atomic mass is 10.0. The monoisotopic (exact) mass is 565 g/mol. The van der Waals surface area contributed by atoms with Crippen molar-refractivity contribution in [2.75, 3.05) is 0 Å². The van der Waals surface area contributed by atoms with E-state index in [1.54, 1.807) is 0 Å². The largest absolute Gasteiger partial charge is 0.462 e. The lowest BCUT2D eigenvalue weighted by Gasteiger charge is -2.18. The Morgan fingerprint density at radius 2 is 0.625 bits per heavy atom. The summed E-state index contributed by atoms with van der Waals surface area (Å²) in [7, 11) is 0. The van der Waals surface area contributed by atoms with Crippen LogP contribution in [-0.4, -0.2) is 12.1 Å². The second-order valence-corrected chi connectivity index (χ2v) is 13.0. The van der Waals surface area contributed by atoms with Gasteiger partial charge in [-0.1, -0.05) is 194 Å². The van der Waals surface area contributed by atoms with Crippen LogP contribution in [0.25, 0.3) is 0 Å².